The third-order valence-electron chi connectivity index (χ3n) is 6.87. The van der Waals surface area contributed by atoms with Crippen LogP contribution in [0.15, 0.2) is 54.6 Å². The van der Waals surface area contributed by atoms with Crippen LogP contribution in [0.1, 0.15) is 41.9 Å². The van der Waals surface area contributed by atoms with E-state index in [9.17, 15) is 9.59 Å². The summed E-state index contributed by atoms with van der Waals surface area (Å²) in [7, 11) is 0. The van der Waals surface area contributed by atoms with Gasteiger partial charge in [0.1, 0.15) is 5.75 Å². The van der Waals surface area contributed by atoms with E-state index in [2.05, 4.69) is 41.2 Å². The number of aromatic nitrogens is 1. The van der Waals surface area contributed by atoms with E-state index < -0.39 is 11.8 Å². The predicted molar refractivity (Wildman–Crippen MR) is 143 cm³/mol. The van der Waals surface area contributed by atoms with Gasteiger partial charge in [-0.2, -0.15) is 0 Å². The molecule has 0 saturated carbocycles. The van der Waals surface area contributed by atoms with Crippen LogP contribution in [0.3, 0.4) is 0 Å². The van der Waals surface area contributed by atoms with Crippen LogP contribution in [0.2, 0.25) is 0 Å². The van der Waals surface area contributed by atoms with E-state index in [1.807, 2.05) is 25.1 Å². The maximum Gasteiger partial charge on any atom is 0.251 e. The Bertz CT molecular complexity index is 1230. The zero-order valence-corrected chi connectivity index (χ0v) is 21.7. The van der Waals surface area contributed by atoms with E-state index in [1.165, 1.54) is 5.56 Å². The topological polar surface area (TPSA) is 104 Å². The SMILES string of the molecule is Cc1cc(CCOc2ccc(C(=O)N[C@@H]3CN(CCC(C)C)C[C@@H]3C(=O)NO)cc2)c2ccccc2n1. The minimum Gasteiger partial charge on any atom is -0.493 e. The van der Waals surface area contributed by atoms with Gasteiger partial charge in [0.05, 0.1) is 24.1 Å². The molecule has 8 nitrogen and oxygen atoms in total. The molecule has 0 radical (unpaired) electrons. The molecule has 196 valence electrons. The largest absolute Gasteiger partial charge is 0.493 e. The predicted octanol–water partition coefficient (Wildman–Crippen LogP) is 3.75. The lowest BCUT2D eigenvalue weighted by Crippen LogP contribution is -2.45. The molecule has 3 aromatic rings. The van der Waals surface area contributed by atoms with Crippen molar-refractivity contribution in [2.75, 3.05) is 26.2 Å². The van der Waals surface area contributed by atoms with E-state index in [-0.39, 0.29) is 11.9 Å². The van der Waals surface area contributed by atoms with Gasteiger partial charge in [-0.1, -0.05) is 32.0 Å². The molecule has 2 amide bonds. The van der Waals surface area contributed by atoms with E-state index >= 15 is 0 Å². The Morgan fingerprint density at radius 1 is 1.14 bits per heavy atom. The number of benzene rings is 2. The van der Waals surface area contributed by atoms with Crippen LogP contribution in [0.5, 0.6) is 5.75 Å². The molecule has 8 heteroatoms. The number of carbonyl (C=O) groups excluding carboxylic acids is 2. The summed E-state index contributed by atoms with van der Waals surface area (Å²) in [5, 5.41) is 13.3. The van der Waals surface area contributed by atoms with Gasteiger partial charge in [-0.15, -0.1) is 0 Å². The number of fused-ring (bicyclic) bond motifs is 1. The van der Waals surface area contributed by atoms with Crippen molar-refractivity contribution < 1.29 is 19.5 Å². The molecule has 1 aromatic heterocycles. The quantitative estimate of drug-likeness (QED) is 0.287. The standard InChI is InChI=1S/C29H36N4O4/c1-19(2)12-14-33-17-25(29(35)32-36)27(18-33)31-28(34)21-8-10-23(11-9-21)37-15-13-22-16-20(3)30-26-7-5-4-6-24(22)26/h4-11,16,19,25,27,36H,12-15,17-18H2,1-3H3,(H,31,34)(H,32,35)/t25-,27+/m0/s1. The minimum atomic E-state index is -0.503. The number of nitrogens with zero attached hydrogens (tertiary/aromatic N) is 2. The first kappa shape index (κ1) is 26.6. The number of amides is 2. The Morgan fingerprint density at radius 2 is 1.89 bits per heavy atom. The summed E-state index contributed by atoms with van der Waals surface area (Å²) >= 11 is 0. The molecule has 1 aliphatic rings. The Kier molecular flexibility index (Phi) is 8.74. The lowest BCUT2D eigenvalue weighted by molar-refractivity contribution is -0.133. The first-order valence-corrected chi connectivity index (χ1v) is 12.9. The number of hydroxylamine groups is 1. The number of hydrogen-bond acceptors (Lipinski definition) is 6. The van der Waals surface area contributed by atoms with E-state index in [4.69, 9.17) is 9.94 Å². The van der Waals surface area contributed by atoms with Crippen LogP contribution in [-0.4, -0.2) is 59.2 Å². The fraction of sp³-hybridized carbons (Fsp3) is 0.414. The molecule has 3 N–H and O–H groups in total. The van der Waals surface area contributed by atoms with E-state index in [0.29, 0.717) is 36.9 Å². The molecule has 1 aliphatic heterocycles. The molecule has 1 fully saturated rings. The van der Waals surface area contributed by atoms with Crippen molar-refractivity contribution in [2.24, 2.45) is 11.8 Å². The molecule has 0 spiro atoms. The van der Waals surface area contributed by atoms with Gasteiger partial charge in [0.15, 0.2) is 0 Å². The molecule has 0 unspecified atom stereocenters. The number of rotatable bonds is 10. The number of carbonyl (C=O) groups is 2. The second kappa shape index (κ2) is 12.2. The molecule has 2 aromatic carbocycles. The molecule has 0 aliphatic carbocycles. The monoisotopic (exact) mass is 504 g/mol. The van der Waals surface area contributed by atoms with Gasteiger partial charge in [0, 0.05) is 36.2 Å². The summed E-state index contributed by atoms with van der Waals surface area (Å²) in [6, 6.07) is 16.8. The van der Waals surface area contributed by atoms with Gasteiger partial charge >= 0.3 is 0 Å². The van der Waals surface area contributed by atoms with E-state index in [1.54, 1.807) is 29.7 Å². The van der Waals surface area contributed by atoms with Crippen molar-refractivity contribution in [3.05, 3.63) is 71.4 Å². The summed E-state index contributed by atoms with van der Waals surface area (Å²) in [5.74, 6) is 0.00386. The Hall–Kier alpha value is -3.49. The Labute approximate surface area is 218 Å². The van der Waals surface area contributed by atoms with Crippen LogP contribution < -0.4 is 15.5 Å². The maximum atomic E-state index is 12.9. The lowest BCUT2D eigenvalue weighted by atomic mass is 10.0. The van der Waals surface area contributed by atoms with Crippen molar-refractivity contribution in [3.8, 4) is 5.75 Å². The fourth-order valence-electron chi connectivity index (χ4n) is 4.84. The first-order chi connectivity index (χ1) is 17.8. The zero-order chi connectivity index (χ0) is 26.4. The van der Waals surface area contributed by atoms with E-state index in [0.717, 1.165) is 36.0 Å². The van der Waals surface area contributed by atoms with Crippen LogP contribution in [-0.2, 0) is 11.2 Å². The number of nitrogens with one attached hydrogen (secondary N) is 2. The minimum absolute atomic E-state index is 0.253. The van der Waals surface area contributed by atoms with Gasteiger partial charge in [0.2, 0.25) is 5.91 Å². The Balaban J connectivity index is 1.33. The molecule has 2 heterocycles. The average Bonchev–Trinajstić information content (AvgIpc) is 3.29. The Morgan fingerprint density at radius 3 is 2.62 bits per heavy atom. The van der Waals surface area contributed by atoms with Crippen LogP contribution in [0, 0.1) is 18.8 Å². The maximum absolute atomic E-state index is 12.9. The number of ether oxygens (including phenoxy) is 1. The third kappa shape index (κ3) is 6.84. The molecule has 2 atom stereocenters. The van der Waals surface area contributed by atoms with Gasteiger partial charge < -0.3 is 15.0 Å². The van der Waals surface area contributed by atoms with Crippen molar-refractivity contribution in [3.63, 3.8) is 0 Å². The summed E-state index contributed by atoms with van der Waals surface area (Å²) in [6.45, 7) is 8.73. The highest BCUT2D eigenvalue weighted by Gasteiger charge is 2.38. The molecule has 1 saturated heterocycles. The zero-order valence-electron chi connectivity index (χ0n) is 21.7. The summed E-state index contributed by atoms with van der Waals surface area (Å²) in [4.78, 5) is 31.9. The normalized spacial score (nSPS) is 17.8. The molecule has 4 rings (SSSR count). The number of para-hydroxylation sites is 1. The second-order valence-corrected chi connectivity index (χ2v) is 10.2. The van der Waals surface area contributed by atoms with Crippen molar-refractivity contribution in [2.45, 2.75) is 39.7 Å². The second-order valence-electron chi connectivity index (χ2n) is 10.2. The van der Waals surface area contributed by atoms with Crippen molar-refractivity contribution in [1.29, 1.82) is 0 Å². The van der Waals surface area contributed by atoms with Crippen LogP contribution in [0.25, 0.3) is 10.9 Å². The molecular weight excluding hydrogens is 468 g/mol. The molecule has 37 heavy (non-hydrogen) atoms. The van der Waals surface area contributed by atoms with Crippen molar-refractivity contribution in [1.82, 2.24) is 20.7 Å². The van der Waals surface area contributed by atoms with Gasteiger partial charge in [-0.25, -0.2) is 5.48 Å². The van der Waals surface area contributed by atoms with Crippen LogP contribution >= 0.6 is 0 Å². The van der Waals surface area contributed by atoms with Gasteiger partial charge in [-0.05, 0) is 67.8 Å². The van der Waals surface area contributed by atoms with Gasteiger partial charge in [0.25, 0.3) is 5.91 Å². The summed E-state index contributed by atoms with van der Waals surface area (Å²) in [5.41, 5.74) is 5.40. The number of hydrogen-bond donors (Lipinski definition) is 3. The first-order valence-electron chi connectivity index (χ1n) is 12.9. The molecule has 0 bridgehead atoms. The highest BCUT2D eigenvalue weighted by molar-refractivity contribution is 5.95. The van der Waals surface area contributed by atoms with Crippen molar-refractivity contribution >= 4 is 22.7 Å². The van der Waals surface area contributed by atoms with Crippen LogP contribution in [0.4, 0.5) is 0 Å². The number of pyridine rings is 1. The smallest absolute Gasteiger partial charge is 0.251 e. The number of aryl methyl sites for hydroxylation is 1. The lowest BCUT2D eigenvalue weighted by Gasteiger charge is -2.18. The molecular formula is C29H36N4O4. The highest BCUT2D eigenvalue weighted by Crippen LogP contribution is 2.21. The fourth-order valence-corrected chi connectivity index (χ4v) is 4.84. The number of likely N-dealkylation sites (tertiary alicyclic amines) is 1. The van der Waals surface area contributed by atoms with Gasteiger partial charge in [-0.3, -0.25) is 19.8 Å². The third-order valence-corrected chi connectivity index (χ3v) is 6.87. The summed E-state index contributed by atoms with van der Waals surface area (Å²) in [6.07, 6.45) is 1.75. The summed E-state index contributed by atoms with van der Waals surface area (Å²) < 4.78 is 5.95. The average molecular weight is 505 g/mol. The highest BCUT2D eigenvalue weighted by atomic mass is 16.5.